The molecule has 0 aromatic heterocycles. The highest BCUT2D eigenvalue weighted by atomic mass is 16.3. The smallest absolute Gasteiger partial charge is 0.317 e. The first-order valence-electron chi connectivity index (χ1n) is 8.10. The van der Waals surface area contributed by atoms with Crippen LogP contribution in [0.4, 0.5) is 4.79 Å². The van der Waals surface area contributed by atoms with Crippen molar-refractivity contribution in [2.24, 2.45) is 11.3 Å². The molecule has 0 aliphatic heterocycles. The third-order valence-corrected chi connectivity index (χ3v) is 5.28. The summed E-state index contributed by atoms with van der Waals surface area (Å²) in [5.74, 6) is 0.246. The predicted molar refractivity (Wildman–Crippen MR) is 80.5 cm³/mol. The second kappa shape index (κ2) is 6.33. The van der Waals surface area contributed by atoms with Crippen LogP contribution in [0.25, 0.3) is 0 Å². The summed E-state index contributed by atoms with van der Waals surface area (Å²) in [4.78, 5) is 14.1. The maximum atomic E-state index is 12.3. The summed E-state index contributed by atoms with van der Waals surface area (Å²) in [5, 5.41) is 13.2. The Morgan fingerprint density at radius 1 is 1.25 bits per heavy atom. The number of urea groups is 1. The monoisotopic (exact) mass is 282 g/mol. The molecule has 20 heavy (non-hydrogen) atoms. The summed E-state index contributed by atoms with van der Waals surface area (Å²) in [7, 11) is 1.85. The Morgan fingerprint density at radius 3 is 2.55 bits per heavy atom. The molecule has 0 heterocycles. The van der Waals surface area contributed by atoms with E-state index in [1.807, 2.05) is 7.05 Å². The molecule has 2 amide bonds. The molecule has 0 bridgehead atoms. The van der Waals surface area contributed by atoms with Crippen molar-refractivity contribution in [3.63, 3.8) is 0 Å². The number of aliphatic hydroxyl groups is 1. The van der Waals surface area contributed by atoms with E-state index < -0.39 is 0 Å². The zero-order chi connectivity index (χ0) is 14.8. The lowest BCUT2D eigenvalue weighted by Gasteiger charge is -2.33. The Balaban J connectivity index is 1.82. The predicted octanol–water partition coefficient (Wildman–Crippen LogP) is 2.76. The lowest BCUT2D eigenvalue weighted by Crippen LogP contribution is -2.49. The highest BCUT2D eigenvalue weighted by Gasteiger charge is 2.36. The highest BCUT2D eigenvalue weighted by Crippen LogP contribution is 2.37. The highest BCUT2D eigenvalue weighted by molar-refractivity contribution is 5.74. The van der Waals surface area contributed by atoms with E-state index in [4.69, 9.17) is 0 Å². The first-order chi connectivity index (χ1) is 9.40. The van der Waals surface area contributed by atoms with Gasteiger partial charge in [-0.05, 0) is 31.1 Å². The molecule has 4 heteroatoms. The standard InChI is InChI=1S/C16H30N2O2/c1-16(2)10-6-9-14(16)17-15(20)18(3)11-12-7-4-5-8-13(12)19/h12-14,19H,4-11H2,1-3H3,(H,17,20). The molecule has 3 atom stereocenters. The number of nitrogens with one attached hydrogen (secondary N) is 1. The van der Waals surface area contributed by atoms with Gasteiger partial charge in [-0.1, -0.05) is 33.1 Å². The fourth-order valence-electron chi connectivity index (χ4n) is 3.69. The molecule has 0 radical (unpaired) electrons. The van der Waals surface area contributed by atoms with Crippen LogP contribution < -0.4 is 5.32 Å². The Hall–Kier alpha value is -0.770. The summed E-state index contributed by atoms with van der Waals surface area (Å²) in [6.45, 7) is 5.13. The first-order valence-corrected chi connectivity index (χ1v) is 8.10. The van der Waals surface area contributed by atoms with Crippen molar-refractivity contribution < 1.29 is 9.90 Å². The topological polar surface area (TPSA) is 52.6 Å². The van der Waals surface area contributed by atoms with Gasteiger partial charge in [-0.25, -0.2) is 4.79 Å². The Labute approximate surface area is 122 Å². The molecule has 0 spiro atoms. The van der Waals surface area contributed by atoms with E-state index in [1.165, 1.54) is 19.3 Å². The molecular weight excluding hydrogens is 252 g/mol. The van der Waals surface area contributed by atoms with E-state index in [0.29, 0.717) is 6.54 Å². The molecule has 116 valence electrons. The summed E-state index contributed by atoms with van der Waals surface area (Å²) in [5.41, 5.74) is 0.209. The zero-order valence-corrected chi connectivity index (χ0v) is 13.2. The van der Waals surface area contributed by atoms with Gasteiger partial charge < -0.3 is 15.3 Å². The molecule has 2 aliphatic rings. The minimum Gasteiger partial charge on any atom is -0.393 e. The van der Waals surface area contributed by atoms with Crippen molar-refractivity contribution in [1.29, 1.82) is 0 Å². The van der Waals surface area contributed by atoms with Gasteiger partial charge in [-0.2, -0.15) is 0 Å². The van der Waals surface area contributed by atoms with Gasteiger partial charge >= 0.3 is 6.03 Å². The Morgan fingerprint density at radius 2 is 1.95 bits per heavy atom. The number of hydrogen-bond donors (Lipinski definition) is 2. The van der Waals surface area contributed by atoms with Crippen LogP contribution in [0.5, 0.6) is 0 Å². The largest absolute Gasteiger partial charge is 0.393 e. The lowest BCUT2D eigenvalue weighted by atomic mass is 9.86. The van der Waals surface area contributed by atoms with Gasteiger partial charge in [0, 0.05) is 25.6 Å². The Bertz CT molecular complexity index is 343. The van der Waals surface area contributed by atoms with Crippen molar-refractivity contribution in [2.75, 3.05) is 13.6 Å². The van der Waals surface area contributed by atoms with Crippen molar-refractivity contribution in [2.45, 2.75) is 70.9 Å². The van der Waals surface area contributed by atoms with Crippen LogP contribution in [-0.4, -0.2) is 41.8 Å². The Kier molecular flexibility index (Phi) is 4.95. The van der Waals surface area contributed by atoms with E-state index in [9.17, 15) is 9.90 Å². The molecule has 2 N–H and O–H groups in total. The minimum absolute atomic E-state index is 0.0164. The number of carbonyl (C=O) groups is 1. The van der Waals surface area contributed by atoms with Gasteiger partial charge in [0.2, 0.25) is 0 Å². The number of nitrogens with zero attached hydrogens (tertiary/aromatic N) is 1. The second-order valence-electron chi connectivity index (χ2n) is 7.38. The summed E-state index contributed by atoms with van der Waals surface area (Å²) in [6, 6.07) is 0.302. The number of amides is 2. The molecule has 2 saturated carbocycles. The molecule has 2 rings (SSSR count). The van der Waals surface area contributed by atoms with Crippen LogP contribution in [0.3, 0.4) is 0 Å². The summed E-state index contributed by atoms with van der Waals surface area (Å²) >= 11 is 0. The maximum Gasteiger partial charge on any atom is 0.317 e. The molecule has 0 aromatic carbocycles. The molecule has 2 fully saturated rings. The fraction of sp³-hybridized carbons (Fsp3) is 0.938. The van der Waals surface area contributed by atoms with Gasteiger partial charge in [-0.15, -0.1) is 0 Å². The van der Waals surface area contributed by atoms with Gasteiger partial charge in [0.15, 0.2) is 0 Å². The average molecular weight is 282 g/mol. The van der Waals surface area contributed by atoms with Crippen molar-refractivity contribution in [1.82, 2.24) is 10.2 Å². The average Bonchev–Trinajstić information content (AvgIpc) is 2.71. The third-order valence-electron chi connectivity index (χ3n) is 5.28. The third kappa shape index (κ3) is 3.66. The summed E-state index contributed by atoms with van der Waals surface area (Å²) < 4.78 is 0. The van der Waals surface area contributed by atoms with E-state index in [0.717, 1.165) is 25.7 Å². The quantitative estimate of drug-likeness (QED) is 0.836. The van der Waals surface area contributed by atoms with Crippen LogP contribution in [0.2, 0.25) is 0 Å². The van der Waals surface area contributed by atoms with Gasteiger partial charge in [0.1, 0.15) is 0 Å². The fourth-order valence-corrected chi connectivity index (χ4v) is 3.69. The number of carbonyl (C=O) groups excluding carboxylic acids is 1. The molecular formula is C16H30N2O2. The molecule has 2 aliphatic carbocycles. The van der Waals surface area contributed by atoms with Gasteiger partial charge in [0.25, 0.3) is 0 Å². The van der Waals surface area contributed by atoms with Crippen LogP contribution in [0.1, 0.15) is 58.8 Å². The number of aliphatic hydroxyl groups excluding tert-OH is 1. The normalized spacial score (nSPS) is 32.9. The van der Waals surface area contributed by atoms with E-state index in [-0.39, 0.29) is 29.5 Å². The van der Waals surface area contributed by atoms with Crippen LogP contribution >= 0.6 is 0 Å². The maximum absolute atomic E-state index is 12.3. The summed E-state index contributed by atoms with van der Waals surface area (Å²) in [6.07, 6.45) is 7.44. The first kappa shape index (κ1) is 15.6. The van der Waals surface area contributed by atoms with Crippen molar-refractivity contribution in [3.8, 4) is 0 Å². The molecule has 0 saturated heterocycles. The SMILES string of the molecule is CN(CC1CCCCC1O)C(=O)NC1CCCC1(C)C. The van der Waals surface area contributed by atoms with Crippen LogP contribution in [-0.2, 0) is 0 Å². The van der Waals surface area contributed by atoms with Crippen molar-refractivity contribution in [3.05, 3.63) is 0 Å². The number of hydrogen-bond acceptors (Lipinski definition) is 2. The van der Waals surface area contributed by atoms with Gasteiger partial charge in [-0.3, -0.25) is 0 Å². The van der Waals surface area contributed by atoms with Crippen LogP contribution in [0, 0.1) is 11.3 Å². The van der Waals surface area contributed by atoms with E-state index >= 15 is 0 Å². The van der Waals surface area contributed by atoms with Gasteiger partial charge in [0.05, 0.1) is 6.10 Å². The van der Waals surface area contributed by atoms with Crippen molar-refractivity contribution >= 4 is 6.03 Å². The van der Waals surface area contributed by atoms with Crippen LogP contribution in [0.15, 0.2) is 0 Å². The second-order valence-corrected chi connectivity index (χ2v) is 7.38. The molecule has 3 unspecified atom stereocenters. The van der Waals surface area contributed by atoms with E-state index in [1.54, 1.807) is 4.90 Å². The zero-order valence-electron chi connectivity index (χ0n) is 13.2. The molecule has 0 aromatic rings. The van der Waals surface area contributed by atoms with E-state index in [2.05, 4.69) is 19.2 Å². The minimum atomic E-state index is -0.234. The molecule has 4 nitrogen and oxygen atoms in total. The number of rotatable bonds is 3. The lowest BCUT2D eigenvalue weighted by molar-refractivity contribution is 0.0559.